The Morgan fingerprint density at radius 2 is 0.709 bits per heavy atom. The van der Waals surface area contributed by atoms with E-state index in [0.717, 1.165) is 83.5 Å². The van der Waals surface area contributed by atoms with Gasteiger partial charge in [0.25, 0.3) is 7.82 Å². The molecule has 0 fully saturated rings. The standard InChI is InChI=1S/C77H143N2O6P/c1-6-8-10-12-14-16-18-20-22-24-26-28-30-32-33-34-35-36-37-38-39-40-41-42-43-44-45-47-49-51-53-55-57-59-61-63-65-67-69-71-77(81)78-75(74-85-86(82,83)84-73-72-79(3,4)5)76(80)70-68-66-64-62-60-58-56-54-52-50-48-46-31-29-27-25-23-21-19-17-15-13-11-9-7-2/h8,10,14,16,20,22,26,28,32-33,35-36,38-39,75-76,80H,6-7,9,11-13,15,17-19,21,23-25,27,29-31,34,37,40-74H2,1-5H3,(H-,78,81,82,83)/b10-8-,16-14-,22-20-,28-26-,33-32-,36-35-,39-38-. The fourth-order valence-corrected chi connectivity index (χ4v) is 11.7. The Balaban J connectivity index is 3.98. The highest BCUT2D eigenvalue weighted by Gasteiger charge is 2.24. The van der Waals surface area contributed by atoms with Gasteiger partial charge in [0, 0.05) is 6.42 Å². The van der Waals surface area contributed by atoms with Crippen LogP contribution in [0.3, 0.4) is 0 Å². The fourth-order valence-electron chi connectivity index (χ4n) is 11.0. The highest BCUT2D eigenvalue weighted by atomic mass is 31.2. The molecule has 0 bridgehead atoms. The van der Waals surface area contributed by atoms with Gasteiger partial charge in [0.1, 0.15) is 13.2 Å². The van der Waals surface area contributed by atoms with E-state index in [1.807, 2.05) is 21.1 Å². The number of carbonyl (C=O) groups excluding carboxylic acids is 1. The summed E-state index contributed by atoms with van der Waals surface area (Å²) in [4.78, 5) is 25.7. The van der Waals surface area contributed by atoms with Crippen molar-refractivity contribution in [2.24, 2.45) is 0 Å². The third-order valence-corrected chi connectivity index (χ3v) is 17.6. The van der Waals surface area contributed by atoms with Gasteiger partial charge in [0.15, 0.2) is 0 Å². The molecule has 9 heteroatoms. The normalized spacial score (nSPS) is 14.1. The maximum Gasteiger partial charge on any atom is 0.268 e. The molecule has 502 valence electrons. The van der Waals surface area contributed by atoms with E-state index in [1.54, 1.807) is 0 Å². The topological polar surface area (TPSA) is 108 Å². The molecular formula is C77H143N2O6P. The van der Waals surface area contributed by atoms with Crippen LogP contribution < -0.4 is 10.2 Å². The van der Waals surface area contributed by atoms with E-state index in [9.17, 15) is 19.4 Å². The minimum atomic E-state index is -4.58. The average molecular weight is 1220 g/mol. The van der Waals surface area contributed by atoms with Gasteiger partial charge in [-0.2, -0.15) is 0 Å². The highest BCUT2D eigenvalue weighted by molar-refractivity contribution is 7.45. The number of amides is 1. The van der Waals surface area contributed by atoms with Crippen LogP contribution >= 0.6 is 7.82 Å². The SMILES string of the molecule is CC/C=C\C/C=C\C/C=C\C/C=C\C/C=C\C/C=C\C/C=C\CCCCCCCCCCCCCCCCCCCC(=O)NC(COP(=O)([O-])OCC[N+](C)(C)C)C(O)CCCCCCCCCCCCCCCCCCCCCCCCCCC. The molecule has 2 N–H and O–H groups in total. The number of phosphoric ester groups is 1. The van der Waals surface area contributed by atoms with Crippen LogP contribution in [-0.4, -0.2) is 68.5 Å². The molecule has 0 aliphatic carbocycles. The molecule has 0 saturated heterocycles. The number of aliphatic hydroxyl groups excluding tert-OH is 1. The summed E-state index contributed by atoms with van der Waals surface area (Å²) in [6.07, 6.45) is 95.3. The van der Waals surface area contributed by atoms with E-state index < -0.39 is 20.0 Å². The third-order valence-electron chi connectivity index (χ3n) is 16.6. The Hall–Kier alpha value is -2.32. The zero-order valence-corrected chi connectivity index (χ0v) is 58.4. The lowest BCUT2D eigenvalue weighted by molar-refractivity contribution is -0.870. The van der Waals surface area contributed by atoms with Crippen molar-refractivity contribution in [3.05, 3.63) is 85.1 Å². The fraction of sp³-hybridized carbons (Fsp3) is 0.805. The molecule has 0 rings (SSSR count). The molecule has 0 aliphatic heterocycles. The molecule has 3 atom stereocenters. The minimum absolute atomic E-state index is 0.0117. The molecule has 86 heavy (non-hydrogen) atoms. The van der Waals surface area contributed by atoms with Crippen LogP contribution in [0.25, 0.3) is 0 Å². The van der Waals surface area contributed by atoms with Crippen LogP contribution in [0.4, 0.5) is 0 Å². The number of phosphoric acid groups is 1. The molecule has 0 spiro atoms. The lowest BCUT2D eigenvalue weighted by Crippen LogP contribution is -2.46. The number of rotatable bonds is 68. The van der Waals surface area contributed by atoms with Gasteiger partial charge < -0.3 is 28.8 Å². The average Bonchev–Trinajstić information content (AvgIpc) is 3.70. The molecule has 0 aromatic carbocycles. The summed E-state index contributed by atoms with van der Waals surface area (Å²) in [6.45, 7) is 4.65. The summed E-state index contributed by atoms with van der Waals surface area (Å²) in [6, 6.07) is -0.805. The first-order chi connectivity index (χ1) is 42.0. The summed E-state index contributed by atoms with van der Waals surface area (Å²) in [5.41, 5.74) is 0. The monoisotopic (exact) mass is 1220 g/mol. The third kappa shape index (κ3) is 69.2. The van der Waals surface area contributed by atoms with Crippen LogP contribution in [-0.2, 0) is 18.4 Å². The summed E-state index contributed by atoms with van der Waals surface area (Å²) < 4.78 is 23.6. The Labute approximate surface area is 535 Å². The second-order valence-corrected chi connectivity index (χ2v) is 27.7. The van der Waals surface area contributed by atoms with Crippen molar-refractivity contribution in [2.45, 2.75) is 360 Å². The summed E-state index contributed by atoms with van der Waals surface area (Å²) in [5, 5.41) is 14.1. The van der Waals surface area contributed by atoms with Crippen LogP contribution in [0.15, 0.2) is 85.1 Å². The lowest BCUT2D eigenvalue weighted by atomic mass is 10.0. The second kappa shape index (κ2) is 67.1. The van der Waals surface area contributed by atoms with Gasteiger partial charge in [0.2, 0.25) is 5.91 Å². The van der Waals surface area contributed by atoms with E-state index in [-0.39, 0.29) is 19.1 Å². The smallest absolute Gasteiger partial charge is 0.268 e. The number of likely N-dealkylation sites (N-methyl/N-ethyl adjacent to an activating group) is 1. The molecule has 0 radical (unpaired) electrons. The molecule has 0 aromatic rings. The van der Waals surface area contributed by atoms with E-state index in [1.165, 1.54) is 238 Å². The van der Waals surface area contributed by atoms with Gasteiger partial charge >= 0.3 is 0 Å². The van der Waals surface area contributed by atoms with Crippen molar-refractivity contribution in [1.29, 1.82) is 0 Å². The van der Waals surface area contributed by atoms with Crippen LogP contribution in [0.2, 0.25) is 0 Å². The molecular weight excluding hydrogens is 1080 g/mol. The van der Waals surface area contributed by atoms with Crippen molar-refractivity contribution in [2.75, 3.05) is 40.9 Å². The first-order valence-electron chi connectivity index (χ1n) is 36.9. The maximum absolute atomic E-state index is 13.1. The summed E-state index contributed by atoms with van der Waals surface area (Å²) >= 11 is 0. The van der Waals surface area contributed by atoms with Crippen LogP contribution in [0.5, 0.6) is 0 Å². The zero-order valence-electron chi connectivity index (χ0n) is 57.5. The first kappa shape index (κ1) is 83.7. The van der Waals surface area contributed by atoms with E-state index in [2.05, 4.69) is 104 Å². The van der Waals surface area contributed by atoms with Gasteiger partial charge in [-0.1, -0.05) is 356 Å². The molecule has 0 heterocycles. The number of hydrogen-bond acceptors (Lipinski definition) is 6. The van der Waals surface area contributed by atoms with E-state index >= 15 is 0 Å². The molecule has 0 aromatic heterocycles. The molecule has 1 amide bonds. The van der Waals surface area contributed by atoms with Gasteiger partial charge in [-0.15, -0.1) is 0 Å². The van der Waals surface area contributed by atoms with Gasteiger partial charge in [-0.25, -0.2) is 0 Å². The van der Waals surface area contributed by atoms with Gasteiger partial charge in [0.05, 0.1) is 39.9 Å². The number of allylic oxidation sites excluding steroid dienone is 14. The number of quaternary nitrogens is 1. The maximum atomic E-state index is 13.1. The van der Waals surface area contributed by atoms with Crippen LogP contribution in [0.1, 0.15) is 348 Å². The quantitative estimate of drug-likeness (QED) is 0.0272. The van der Waals surface area contributed by atoms with Crippen molar-refractivity contribution in [1.82, 2.24) is 5.32 Å². The number of carbonyl (C=O) groups is 1. The highest BCUT2D eigenvalue weighted by Crippen LogP contribution is 2.38. The summed E-state index contributed by atoms with van der Waals surface area (Å²) in [5.74, 6) is -0.161. The Bertz CT molecular complexity index is 1680. The van der Waals surface area contributed by atoms with Crippen LogP contribution in [0, 0.1) is 0 Å². The first-order valence-corrected chi connectivity index (χ1v) is 38.4. The summed E-state index contributed by atoms with van der Waals surface area (Å²) in [7, 11) is 1.31. The van der Waals surface area contributed by atoms with Gasteiger partial charge in [-0.05, 0) is 70.6 Å². The van der Waals surface area contributed by atoms with Crippen molar-refractivity contribution in [3.8, 4) is 0 Å². The number of hydrogen-bond donors (Lipinski definition) is 2. The van der Waals surface area contributed by atoms with Gasteiger partial charge in [-0.3, -0.25) is 9.36 Å². The molecule has 8 nitrogen and oxygen atoms in total. The largest absolute Gasteiger partial charge is 0.756 e. The van der Waals surface area contributed by atoms with E-state index in [0.29, 0.717) is 23.9 Å². The Morgan fingerprint density at radius 1 is 0.419 bits per heavy atom. The number of unbranched alkanes of at least 4 members (excludes halogenated alkanes) is 41. The Kier molecular flexibility index (Phi) is 65.3. The molecule has 3 unspecified atom stereocenters. The van der Waals surface area contributed by atoms with Crippen molar-refractivity contribution >= 4 is 13.7 Å². The van der Waals surface area contributed by atoms with E-state index in [4.69, 9.17) is 9.05 Å². The number of nitrogens with one attached hydrogen (secondary N) is 1. The zero-order chi connectivity index (χ0) is 62.6. The predicted molar refractivity (Wildman–Crippen MR) is 376 cm³/mol. The second-order valence-electron chi connectivity index (χ2n) is 26.3. The minimum Gasteiger partial charge on any atom is -0.756 e. The van der Waals surface area contributed by atoms with Crippen molar-refractivity contribution < 1.29 is 32.9 Å². The Morgan fingerprint density at radius 3 is 1.03 bits per heavy atom. The predicted octanol–water partition coefficient (Wildman–Crippen LogP) is 23.3. The molecule has 0 saturated carbocycles. The number of nitrogens with zero attached hydrogens (tertiary/aromatic N) is 1. The number of aliphatic hydroxyl groups is 1. The van der Waals surface area contributed by atoms with Crippen molar-refractivity contribution in [3.63, 3.8) is 0 Å². The lowest BCUT2D eigenvalue weighted by Gasteiger charge is -2.30. The molecule has 0 aliphatic rings.